The number of anilines is 1. The van der Waals surface area contributed by atoms with Crippen molar-refractivity contribution in [3.63, 3.8) is 0 Å². The minimum Gasteiger partial charge on any atom is -0.497 e. The molecule has 0 saturated heterocycles. The number of amides is 1. The number of nitrogens with zero attached hydrogens (tertiary/aromatic N) is 3. The SMILES string of the molecule is COc1cccc(C(=O)Nc2cc(-c3ccco3)nn2-c2nc(C)c(C)c(=O)[nH]2)c1. The highest BCUT2D eigenvalue weighted by atomic mass is 16.5. The van der Waals surface area contributed by atoms with Crippen LogP contribution in [0.1, 0.15) is 21.6 Å². The summed E-state index contributed by atoms with van der Waals surface area (Å²) >= 11 is 0. The van der Waals surface area contributed by atoms with Crippen LogP contribution in [0.4, 0.5) is 5.82 Å². The van der Waals surface area contributed by atoms with Gasteiger partial charge >= 0.3 is 0 Å². The van der Waals surface area contributed by atoms with Crippen LogP contribution in [0.3, 0.4) is 0 Å². The highest BCUT2D eigenvalue weighted by Crippen LogP contribution is 2.25. The second kappa shape index (κ2) is 7.70. The molecule has 9 heteroatoms. The van der Waals surface area contributed by atoms with Crippen molar-refractivity contribution in [3.05, 3.63) is 75.9 Å². The van der Waals surface area contributed by atoms with Gasteiger partial charge < -0.3 is 14.5 Å². The summed E-state index contributed by atoms with van der Waals surface area (Å²) < 4.78 is 12.0. The number of H-pyrrole nitrogens is 1. The van der Waals surface area contributed by atoms with Gasteiger partial charge in [0.05, 0.1) is 13.4 Å². The van der Waals surface area contributed by atoms with Crippen LogP contribution in [0.5, 0.6) is 5.75 Å². The van der Waals surface area contributed by atoms with Crippen molar-refractivity contribution in [2.75, 3.05) is 12.4 Å². The first-order valence-corrected chi connectivity index (χ1v) is 9.13. The minimum absolute atomic E-state index is 0.182. The first-order chi connectivity index (χ1) is 14.5. The van der Waals surface area contributed by atoms with Crippen LogP contribution in [-0.2, 0) is 0 Å². The molecule has 0 unspecified atom stereocenters. The largest absolute Gasteiger partial charge is 0.497 e. The number of nitrogens with one attached hydrogen (secondary N) is 2. The molecule has 0 fully saturated rings. The molecule has 0 spiro atoms. The van der Waals surface area contributed by atoms with Crippen molar-refractivity contribution in [1.82, 2.24) is 19.7 Å². The summed E-state index contributed by atoms with van der Waals surface area (Å²) in [5.41, 5.74) is 1.68. The number of hydrogen-bond acceptors (Lipinski definition) is 6. The number of methoxy groups -OCH3 is 1. The zero-order chi connectivity index (χ0) is 21.3. The summed E-state index contributed by atoms with van der Waals surface area (Å²) in [4.78, 5) is 32.2. The Morgan fingerprint density at radius 2 is 2.03 bits per heavy atom. The molecule has 3 heterocycles. The molecule has 0 aliphatic rings. The molecule has 3 aromatic heterocycles. The lowest BCUT2D eigenvalue weighted by atomic mass is 10.2. The Morgan fingerprint density at radius 3 is 2.73 bits per heavy atom. The Balaban J connectivity index is 1.78. The molecule has 1 aromatic carbocycles. The third-order valence-corrected chi connectivity index (χ3v) is 4.64. The molecular formula is C21H19N5O4. The van der Waals surface area contributed by atoms with Crippen LogP contribution >= 0.6 is 0 Å². The van der Waals surface area contributed by atoms with E-state index < -0.39 is 0 Å². The van der Waals surface area contributed by atoms with E-state index in [1.807, 2.05) is 0 Å². The van der Waals surface area contributed by atoms with Gasteiger partial charge in [-0.2, -0.15) is 9.78 Å². The average molecular weight is 405 g/mol. The van der Waals surface area contributed by atoms with E-state index in [1.165, 1.54) is 18.1 Å². The highest BCUT2D eigenvalue weighted by Gasteiger charge is 2.18. The van der Waals surface area contributed by atoms with Crippen molar-refractivity contribution in [1.29, 1.82) is 0 Å². The standard InChI is InChI=1S/C21H19N5O4/c1-12-13(2)22-21(24-19(12)27)26-18(11-16(25-26)17-8-5-9-30-17)23-20(28)14-6-4-7-15(10-14)29-3/h4-11H,1-3H3,(H,23,28)(H,22,24,27). The number of aromatic amines is 1. The quantitative estimate of drug-likeness (QED) is 0.527. The Labute approximate surface area is 171 Å². The summed E-state index contributed by atoms with van der Waals surface area (Å²) in [6.45, 7) is 3.42. The number of aromatic nitrogens is 4. The fraction of sp³-hybridized carbons (Fsp3) is 0.143. The van der Waals surface area contributed by atoms with Gasteiger partial charge in [-0.25, -0.2) is 4.98 Å². The smallest absolute Gasteiger partial charge is 0.256 e. The first kappa shape index (κ1) is 19.2. The van der Waals surface area contributed by atoms with E-state index in [0.29, 0.717) is 39.8 Å². The molecule has 0 bridgehead atoms. The number of rotatable bonds is 5. The highest BCUT2D eigenvalue weighted by molar-refractivity contribution is 6.04. The second-order valence-corrected chi connectivity index (χ2v) is 6.59. The van der Waals surface area contributed by atoms with Crippen molar-refractivity contribution < 1.29 is 13.9 Å². The summed E-state index contributed by atoms with van der Waals surface area (Å²) in [6, 6.07) is 11.9. The van der Waals surface area contributed by atoms with Crippen LogP contribution in [0.15, 0.2) is 57.9 Å². The number of aryl methyl sites for hydroxylation is 1. The molecule has 0 atom stereocenters. The Kier molecular flexibility index (Phi) is 4.93. The summed E-state index contributed by atoms with van der Waals surface area (Å²) in [5.74, 6) is 1.21. The van der Waals surface area contributed by atoms with E-state index in [1.54, 1.807) is 56.3 Å². The maximum Gasteiger partial charge on any atom is 0.256 e. The number of hydrogen-bond donors (Lipinski definition) is 2. The zero-order valence-electron chi connectivity index (χ0n) is 16.6. The van der Waals surface area contributed by atoms with E-state index in [-0.39, 0.29) is 17.4 Å². The van der Waals surface area contributed by atoms with Gasteiger partial charge in [0, 0.05) is 22.9 Å². The maximum atomic E-state index is 12.8. The monoisotopic (exact) mass is 405 g/mol. The van der Waals surface area contributed by atoms with Gasteiger partial charge in [-0.3, -0.25) is 14.6 Å². The third kappa shape index (κ3) is 3.60. The number of benzene rings is 1. The molecule has 0 aliphatic heterocycles. The Morgan fingerprint density at radius 1 is 1.20 bits per heavy atom. The van der Waals surface area contributed by atoms with Crippen LogP contribution in [0, 0.1) is 13.8 Å². The van der Waals surface area contributed by atoms with Gasteiger partial charge in [-0.1, -0.05) is 6.07 Å². The molecule has 30 heavy (non-hydrogen) atoms. The third-order valence-electron chi connectivity index (χ3n) is 4.64. The predicted octanol–water partition coefficient (Wildman–Crippen LogP) is 3.09. The molecule has 4 aromatic rings. The molecule has 0 aliphatic carbocycles. The van der Waals surface area contributed by atoms with Crippen LogP contribution < -0.4 is 15.6 Å². The van der Waals surface area contributed by atoms with E-state index in [4.69, 9.17) is 9.15 Å². The fourth-order valence-corrected chi connectivity index (χ4v) is 2.86. The lowest BCUT2D eigenvalue weighted by Crippen LogP contribution is -2.20. The Hall–Kier alpha value is -4.14. The van der Waals surface area contributed by atoms with Gasteiger partial charge in [-0.05, 0) is 44.2 Å². The van der Waals surface area contributed by atoms with Crippen molar-refractivity contribution in [2.45, 2.75) is 13.8 Å². The summed E-state index contributed by atoms with van der Waals surface area (Å²) in [7, 11) is 1.53. The van der Waals surface area contributed by atoms with Crippen LogP contribution in [-0.4, -0.2) is 32.8 Å². The minimum atomic E-state index is -0.368. The molecular weight excluding hydrogens is 386 g/mol. The van der Waals surface area contributed by atoms with Gasteiger partial charge in [0.1, 0.15) is 17.3 Å². The van der Waals surface area contributed by atoms with Gasteiger partial charge in [-0.15, -0.1) is 0 Å². The number of furan rings is 1. The predicted molar refractivity (Wildman–Crippen MR) is 110 cm³/mol. The molecule has 9 nitrogen and oxygen atoms in total. The zero-order valence-corrected chi connectivity index (χ0v) is 16.6. The van der Waals surface area contributed by atoms with Gasteiger partial charge in [0.25, 0.3) is 11.5 Å². The normalized spacial score (nSPS) is 10.8. The Bertz CT molecular complexity index is 1270. The molecule has 2 N–H and O–H groups in total. The number of carbonyl (C=O) groups is 1. The summed E-state index contributed by atoms with van der Waals surface area (Å²) in [6.07, 6.45) is 1.53. The average Bonchev–Trinajstić information content (AvgIpc) is 3.41. The van der Waals surface area contributed by atoms with Crippen LogP contribution in [0.2, 0.25) is 0 Å². The molecule has 1 amide bonds. The summed E-state index contributed by atoms with van der Waals surface area (Å²) in [5, 5.41) is 7.28. The van der Waals surface area contributed by atoms with Gasteiger partial charge in [0.2, 0.25) is 5.95 Å². The first-order valence-electron chi connectivity index (χ1n) is 9.13. The molecule has 0 radical (unpaired) electrons. The van der Waals surface area contributed by atoms with Crippen molar-refractivity contribution in [2.24, 2.45) is 0 Å². The van der Waals surface area contributed by atoms with E-state index in [9.17, 15) is 9.59 Å². The molecule has 0 saturated carbocycles. The number of ether oxygens (including phenoxy) is 1. The maximum absolute atomic E-state index is 12.8. The number of carbonyl (C=O) groups excluding carboxylic acids is 1. The van der Waals surface area contributed by atoms with Crippen LogP contribution in [0.25, 0.3) is 17.4 Å². The lowest BCUT2D eigenvalue weighted by Gasteiger charge is -2.10. The van der Waals surface area contributed by atoms with Gasteiger partial charge in [0.15, 0.2) is 5.76 Å². The van der Waals surface area contributed by atoms with Crippen molar-refractivity contribution in [3.8, 4) is 23.2 Å². The van der Waals surface area contributed by atoms with E-state index >= 15 is 0 Å². The topological polar surface area (TPSA) is 115 Å². The molecule has 4 rings (SSSR count). The van der Waals surface area contributed by atoms with E-state index in [2.05, 4.69) is 20.4 Å². The lowest BCUT2D eigenvalue weighted by molar-refractivity contribution is 0.102. The van der Waals surface area contributed by atoms with Crippen molar-refractivity contribution >= 4 is 11.7 Å². The van der Waals surface area contributed by atoms with E-state index in [0.717, 1.165) is 0 Å². The molecule has 152 valence electrons. The second-order valence-electron chi connectivity index (χ2n) is 6.59. The fourth-order valence-electron chi connectivity index (χ4n) is 2.86.